The Kier molecular flexibility index (Phi) is 5.87. The summed E-state index contributed by atoms with van der Waals surface area (Å²) in [6.45, 7) is 8.81. The van der Waals surface area contributed by atoms with Crippen LogP contribution in [0.1, 0.15) is 53.4 Å². The highest BCUT2D eigenvalue weighted by Gasteiger charge is 2.27. The molecule has 0 saturated heterocycles. The standard InChI is InChI=1S/C21H28O2S/c1-17(12-13-20-18(2)9-8-15-21(20,3)4)14-16-24(22,23)19-10-6-5-7-11-19/h5-7,10-12,14,16H,8-9,13,15H2,1-4H3. The van der Waals surface area contributed by atoms with Crippen LogP contribution >= 0.6 is 0 Å². The van der Waals surface area contributed by atoms with Gasteiger partial charge in [0.2, 0.25) is 0 Å². The van der Waals surface area contributed by atoms with E-state index < -0.39 is 9.84 Å². The molecule has 24 heavy (non-hydrogen) atoms. The summed E-state index contributed by atoms with van der Waals surface area (Å²) in [7, 11) is -3.37. The van der Waals surface area contributed by atoms with Crippen LogP contribution in [0, 0.1) is 5.41 Å². The van der Waals surface area contributed by atoms with Gasteiger partial charge in [-0.2, -0.15) is 0 Å². The molecule has 1 aliphatic carbocycles. The van der Waals surface area contributed by atoms with Crippen molar-refractivity contribution in [3.05, 3.63) is 64.6 Å². The molecule has 0 spiro atoms. The average molecular weight is 345 g/mol. The molecular weight excluding hydrogens is 316 g/mol. The SMILES string of the molecule is CC(C=CS(=O)(=O)c1ccccc1)=CCC1=C(C)CCCC1(C)C. The first-order chi connectivity index (χ1) is 11.2. The van der Waals surface area contributed by atoms with Gasteiger partial charge in [-0.15, -0.1) is 0 Å². The number of hydrogen-bond acceptors (Lipinski definition) is 2. The molecule has 2 nitrogen and oxygen atoms in total. The Morgan fingerprint density at radius 2 is 1.88 bits per heavy atom. The quantitative estimate of drug-likeness (QED) is 0.497. The molecule has 3 heteroatoms. The van der Waals surface area contributed by atoms with Crippen LogP contribution in [0.25, 0.3) is 0 Å². The van der Waals surface area contributed by atoms with Crippen LogP contribution < -0.4 is 0 Å². The van der Waals surface area contributed by atoms with Crippen molar-refractivity contribution < 1.29 is 8.42 Å². The zero-order valence-corrected chi connectivity index (χ0v) is 16.0. The minimum Gasteiger partial charge on any atom is -0.219 e. The maximum atomic E-state index is 12.3. The van der Waals surface area contributed by atoms with E-state index in [1.807, 2.05) is 13.0 Å². The summed E-state index contributed by atoms with van der Waals surface area (Å²) in [5.74, 6) is 0. The monoisotopic (exact) mass is 344 g/mol. The van der Waals surface area contributed by atoms with E-state index in [0.717, 1.165) is 12.0 Å². The van der Waals surface area contributed by atoms with Gasteiger partial charge >= 0.3 is 0 Å². The van der Waals surface area contributed by atoms with Gasteiger partial charge in [-0.25, -0.2) is 8.42 Å². The van der Waals surface area contributed by atoms with Gasteiger partial charge in [-0.05, 0) is 63.2 Å². The van der Waals surface area contributed by atoms with Crippen LogP contribution in [-0.4, -0.2) is 8.42 Å². The summed E-state index contributed by atoms with van der Waals surface area (Å²) in [6.07, 6.45) is 8.42. The minimum atomic E-state index is -3.37. The predicted octanol–water partition coefficient (Wildman–Crippen LogP) is 5.84. The molecule has 0 unspecified atom stereocenters. The molecule has 0 aromatic heterocycles. The van der Waals surface area contributed by atoms with Crippen molar-refractivity contribution >= 4 is 9.84 Å². The fourth-order valence-corrected chi connectivity index (χ4v) is 4.43. The van der Waals surface area contributed by atoms with Crippen LogP contribution in [0.4, 0.5) is 0 Å². The third-order valence-electron chi connectivity index (χ3n) is 4.90. The maximum Gasteiger partial charge on any atom is 0.199 e. The van der Waals surface area contributed by atoms with Crippen molar-refractivity contribution in [3.8, 4) is 0 Å². The third kappa shape index (κ3) is 4.70. The normalized spacial score (nSPS) is 19.1. The van der Waals surface area contributed by atoms with Crippen molar-refractivity contribution in [3.63, 3.8) is 0 Å². The van der Waals surface area contributed by atoms with Crippen LogP contribution in [0.2, 0.25) is 0 Å². The van der Waals surface area contributed by atoms with Crippen LogP contribution in [0.5, 0.6) is 0 Å². The van der Waals surface area contributed by atoms with Crippen molar-refractivity contribution in [2.24, 2.45) is 5.41 Å². The molecule has 0 atom stereocenters. The molecule has 0 aliphatic heterocycles. The van der Waals surface area contributed by atoms with E-state index in [-0.39, 0.29) is 5.41 Å². The summed E-state index contributed by atoms with van der Waals surface area (Å²) >= 11 is 0. The third-order valence-corrected chi connectivity index (χ3v) is 6.32. The molecule has 1 aromatic rings. The molecule has 130 valence electrons. The summed E-state index contributed by atoms with van der Waals surface area (Å²) < 4.78 is 24.5. The van der Waals surface area contributed by atoms with Crippen molar-refractivity contribution in [2.75, 3.05) is 0 Å². The molecule has 0 heterocycles. The van der Waals surface area contributed by atoms with Crippen molar-refractivity contribution in [1.82, 2.24) is 0 Å². The molecule has 0 fully saturated rings. The Morgan fingerprint density at radius 3 is 2.50 bits per heavy atom. The Bertz CT molecular complexity index is 763. The molecule has 0 N–H and O–H groups in total. The Labute approximate surface area is 146 Å². The van der Waals surface area contributed by atoms with E-state index in [1.165, 1.54) is 35.8 Å². The van der Waals surface area contributed by atoms with Gasteiger partial charge in [0.05, 0.1) is 4.90 Å². The van der Waals surface area contributed by atoms with E-state index in [9.17, 15) is 8.42 Å². The lowest BCUT2D eigenvalue weighted by Gasteiger charge is -2.34. The van der Waals surface area contributed by atoms with Gasteiger partial charge in [-0.1, -0.05) is 54.8 Å². The average Bonchev–Trinajstić information content (AvgIpc) is 2.53. The molecule has 0 saturated carbocycles. The highest BCUT2D eigenvalue weighted by molar-refractivity contribution is 7.94. The Morgan fingerprint density at radius 1 is 1.21 bits per heavy atom. The fourth-order valence-electron chi connectivity index (χ4n) is 3.34. The first-order valence-electron chi connectivity index (χ1n) is 8.56. The van der Waals surface area contributed by atoms with E-state index >= 15 is 0 Å². The van der Waals surface area contributed by atoms with Gasteiger partial charge in [0.1, 0.15) is 0 Å². The molecule has 0 radical (unpaired) electrons. The highest BCUT2D eigenvalue weighted by atomic mass is 32.2. The lowest BCUT2D eigenvalue weighted by Crippen LogP contribution is -2.20. The first kappa shape index (κ1) is 18.7. The van der Waals surface area contributed by atoms with Gasteiger partial charge in [0.15, 0.2) is 9.84 Å². The van der Waals surface area contributed by atoms with Gasteiger partial charge in [0.25, 0.3) is 0 Å². The van der Waals surface area contributed by atoms with E-state index in [0.29, 0.717) is 4.90 Å². The second kappa shape index (κ2) is 7.52. The van der Waals surface area contributed by atoms with Crippen LogP contribution in [0.3, 0.4) is 0 Å². The van der Waals surface area contributed by atoms with E-state index in [4.69, 9.17) is 0 Å². The smallest absolute Gasteiger partial charge is 0.199 e. The van der Waals surface area contributed by atoms with Crippen molar-refractivity contribution in [1.29, 1.82) is 0 Å². The maximum absolute atomic E-state index is 12.3. The summed E-state index contributed by atoms with van der Waals surface area (Å²) in [6, 6.07) is 8.54. The molecule has 1 aliphatic rings. The topological polar surface area (TPSA) is 34.1 Å². The van der Waals surface area contributed by atoms with Crippen LogP contribution in [0.15, 0.2) is 69.5 Å². The predicted molar refractivity (Wildman–Crippen MR) is 101 cm³/mol. The molecule has 0 amide bonds. The number of sulfone groups is 1. The summed E-state index contributed by atoms with van der Waals surface area (Å²) in [4.78, 5) is 0.334. The number of benzene rings is 1. The lowest BCUT2D eigenvalue weighted by atomic mass is 9.71. The fraction of sp³-hybridized carbons (Fsp3) is 0.429. The number of allylic oxidation sites excluding steroid dienone is 5. The van der Waals surface area contributed by atoms with Gasteiger partial charge in [0, 0.05) is 5.41 Å². The first-order valence-corrected chi connectivity index (χ1v) is 10.1. The highest BCUT2D eigenvalue weighted by Crippen LogP contribution is 2.42. The summed E-state index contributed by atoms with van der Waals surface area (Å²) in [5.41, 5.74) is 4.23. The Balaban J connectivity index is 2.12. The summed E-state index contributed by atoms with van der Waals surface area (Å²) in [5, 5.41) is 1.31. The second-order valence-electron chi connectivity index (χ2n) is 7.31. The van der Waals surface area contributed by atoms with Crippen LogP contribution in [-0.2, 0) is 9.84 Å². The lowest BCUT2D eigenvalue weighted by molar-refractivity contribution is 0.360. The molecular formula is C21H28O2S. The number of rotatable bonds is 5. The largest absolute Gasteiger partial charge is 0.219 e. The van der Waals surface area contributed by atoms with E-state index in [2.05, 4.69) is 26.8 Å². The Hall–Kier alpha value is -1.61. The zero-order chi connectivity index (χ0) is 17.8. The van der Waals surface area contributed by atoms with Gasteiger partial charge in [-0.3, -0.25) is 0 Å². The minimum absolute atomic E-state index is 0.249. The van der Waals surface area contributed by atoms with E-state index in [1.54, 1.807) is 30.3 Å². The van der Waals surface area contributed by atoms with Gasteiger partial charge < -0.3 is 0 Å². The molecule has 0 bridgehead atoms. The van der Waals surface area contributed by atoms with Crippen molar-refractivity contribution in [2.45, 2.75) is 58.3 Å². The zero-order valence-electron chi connectivity index (χ0n) is 15.2. The number of hydrogen-bond donors (Lipinski definition) is 0. The molecule has 1 aromatic carbocycles. The molecule has 2 rings (SSSR count). The second-order valence-corrected chi connectivity index (χ2v) is 9.14.